The predicted octanol–water partition coefficient (Wildman–Crippen LogP) is 1.06. The van der Waals surface area contributed by atoms with Gasteiger partial charge in [-0.2, -0.15) is 0 Å². The molecule has 2 aliphatic carbocycles. The van der Waals surface area contributed by atoms with Crippen molar-refractivity contribution >= 4 is 5.97 Å². The largest absolute Gasteiger partial charge is 0.481 e. The zero-order valence-electron chi connectivity index (χ0n) is 5.40. The van der Waals surface area contributed by atoms with Crippen LogP contribution in [0.1, 0.15) is 0 Å². The van der Waals surface area contributed by atoms with Crippen LogP contribution < -0.4 is 0 Å². The summed E-state index contributed by atoms with van der Waals surface area (Å²) in [5.41, 5.74) is 0. The molecule has 2 nitrogen and oxygen atoms in total. The van der Waals surface area contributed by atoms with E-state index in [2.05, 4.69) is 0 Å². The Morgan fingerprint density at radius 3 is 2.10 bits per heavy atom. The average molecular weight is 136 g/mol. The molecule has 0 spiro atoms. The predicted molar refractivity (Wildman–Crippen MR) is 36.4 cm³/mol. The number of hydrogen-bond donors (Lipinski definition) is 1. The average Bonchev–Trinajstić information content (AvgIpc) is 2.60. The van der Waals surface area contributed by atoms with E-state index < -0.39 is 5.97 Å². The van der Waals surface area contributed by atoms with E-state index in [-0.39, 0.29) is 5.92 Å². The maximum Gasteiger partial charge on any atom is 0.307 e. The molecule has 2 aliphatic rings. The minimum atomic E-state index is -0.661. The number of carboxylic acid groups (broad SMARTS) is 1. The van der Waals surface area contributed by atoms with Gasteiger partial charge in [0.05, 0.1) is 5.92 Å². The molecular weight excluding hydrogens is 128 g/mol. The topological polar surface area (TPSA) is 37.3 Å². The quantitative estimate of drug-likeness (QED) is 0.585. The first kappa shape index (κ1) is 5.71. The van der Waals surface area contributed by atoms with Crippen LogP contribution in [0.5, 0.6) is 0 Å². The molecule has 0 aromatic rings. The van der Waals surface area contributed by atoms with Gasteiger partial charge in [-0.25, -0.2) is 0 Å². The van der Waals surface area contributed by atoms with Crippen molar-refractivity contribution in [3.8, 4) is 0 Å². The zero-order valence-corrected chi connectivity index (χ0v) is 5.40. The summed E-state index contributed by atoms with van der Waals surface area (Å²) in [5.74, 6) is -0.203. The fraction of sp³-hybridized carbons (Fsp3) is 0.375. The van der Waals surface area contributed by atoms with Crippen molar-refractivity contribution in [3.63, 3.8) is 0 Å². The van der Waals surface area contributed by atoms with Crippen LogP contribution in [0.2, 0.25) is 0 Å². The lowest BCUT2D eigenvalue weighted by Gasteiger charge is -1.86. The standard InChI is InChI=1S/C8H8O2/c9-8(10)7-5-3-1-2-4-6(5)7/h1-7H,(H,9,10). The van der Waals surface area contributed by atoms with Gasteiger partial charge in [0.2, 0.25) is 0 Å². The summed E-state index contributed by atoms with van der Waals surface area (Å²) in [6.07, 6.45) is 7.79. The molecular formula is C8H8O2. The van der Waals surface area contributed by atoms with Crippen LogP contribution in [-0.4, -0.2) is 11.1 Å². The maximum absolute atomic E-state index is 10.5. The first-order valence-corrected chi connectivity index (χ1v) is 3.38. The fourth-order valence-electron chi connectivity index (χ4n) is 1.57. The number of rotatable bonds is 1. The highest BCUT2D eigenvalue weighted by molar-refractivity contribution is 5.76. The molecule has 0 aromatic heterocycles. The minimum absolute atomic E-state index is 0.130. The highest BCUT2D eigenvalue weighted by atomic mass is 16.4. The van der Waals surface area contributed by atoms with Gasteiger partial charge < -0.3 is 5.11 Å². The van der Waals surface area contributed by atoms with Crippen molar-refractivity contribution in [3.05, 3.63) is 24.3 Å². The molecule has 1 saturated carbocycles. The van der Waals surface area contributed by atoms with Crippen molar-refractivity contribution in [1.82, 2.24) is 0 Å². The van der Waals surface area contributed by atoms with Crippen molar-refractivity contribution < 1.29 is 9.90 Å². The van der Waals surface area contributed by atoms with Gasteiger partial charge in [0.15, 0.2) is 0 Å². The summed E-state index contributed by atoms with van der Waals surface area (Å²) < 4.78 is 0. The molecule has 10 heavy (non-hydrogen) atoms. The summed E-state index contributed by atoms with van der Waals surface area (Å²) in [7, 11) is 0. The van der Waals surface area contributed by atoms with Crippen molar-refractivity contribution in [1.29, 1.82) is 0 Å². The summed E-state index contributed by atoms with van der Waals surface area (Å²) in [5, 5.41) is 8.62. The van der Waals surface area contributed by atoms with Gasteiger partial charge in [-0.1, -0.05) is 24.3 Å². The molecule has 0 amide bonds. The highest BCUT2D eigenvalue weighted by Crippen LogP contribution is 2.49. The number of fused-ring (bicyclic) bond motifs is 1. The Morgan fingerprint density at radius 1 is 1.20 bits per heavy atom. The summed E-state index contributed by atoms with van der Waals surface area (Å²) >= 11 is 0. The van der Waals surface area contributed by atoms with Crippen molar-refractivity contribution in [2.45, 2.75) is 0 Å². The lowest BCUT2D eigenvalue weighted by molar-refractivity contribution is -0.138. The second kappa shape index (κ2) is 1.72. The Morgan fingerprint density at radius 2 is 1.70 bits per heavy atom. The van der Waals surface area contributed by atoms with E-state index in [0.29, 0.717) is 11.8 Å². The summed E-state index contributed by atoms with van der Waals surface area (Å²) in [6.45, 7) is 0. The van der Waals surface area contributed by atoms with E-state index in [9.17, 15) is 4.79 Å². The van der Waals surface area contributed by atoms with Crippen LogP contribution in [0, 0.1) is 17.8 Å². The van der Waals surface area contributed by atoms with Gasteiger partial charge in [0, 0.05) is 0 Å². The smallest absolute Gasteiger partial charge is 0.307 e. The van der Waals surface area contributed by atoms with Gasteiger partial charge in [-0.15, -0.1) is 0 Å². The van der Waals surface area contributed by atoms with Crippen molar-refractivity contribution in [2.75, 3.05) is 0 Å². The van der Waals surface area contributed by atoms with E-state index in [1.54, 1.807) is 0 Å². The lowest BCUT2D eigenvalue weighted by atomic mass is 10.2. The molecule has 2 heteroatoms. The molecule has 1 fully saturated rings. The van der Waals surface area contributed by atoms with Crippen molar-refractivity contribution in [2.24, 2.45) is 17.8 Å². The molecule has 0 saturated heterocycles. The molecule has 0 heterocycles. The second-order valence-corrected chi connectivity index (χ2v) is 2.79. The zero-order chi connectivity index (χ0) is 7.14. The van der Waals surface area contributed by atoms with E-state index in [1.165, 1.54) is 0 Å². The van der Waals surface area contributed by atoms with Crippen LogP contribution in [0.4, 0.5) is 0 Å². The molecule has 0 radical (unpaired) electrons. The Hall–Kier alpha value is -1.05. The normalized spacial score (nSPS) is 41.0. The molecule has 2 rings (SSSR count). The molecule has 2 unspecified atom stereocenters. The summed E-state index contributed by atoms with van der Waals surface area (Å²) in [4.78, 5) is 10.5. The van der Waals surface area contributed by atoms with Gasteiger partial charge in [-0.3, -0.25) is 4.79 Å². The number of allylic oxidation sites excluding steroid dienone is 4. The third kappa shape index (κ3) is 0.618. The molecule has 0 bridgehead atoms. The van der Waals surface area contributed by atoms with E-state index >= 15 is 0 Å². The van der Waals surface area contributed by atoms with Gasteiger partial charge in [-0.05, 0) is 11.8 Å². The van der Waals surface area contributed by atoms with E-state index in [1.807, 2.05) is 24.3 Å². The molecule has 0 aromatic carbocycles. The maximum atomic E-state index is 10.5. The third-order valence-corrected chi connectivity index (χ3v) is 2.20. The van der Waals surface area contributed by atoms with Crippen LogP contribution in [0.15, 0.2) is 24.3 Å². The Bertz CT molecular complexity index is 209. The second-order valence-electron chi connectivity index (χ2n) is 2.79. The van der Waals surface area contributed by atoms with Gasteiger partial charge in [0.25, 0.3) is 0 Å². The van der Waals surface area contributed by atoms with Gasteiger partial charge >= 0.3 is 5.97 Å². The Balaban J connectivity index is 2.16. The number of aliphatic carboxylic acids is 1. The molecule has 0 aliphatic heterocycles. The first-order valence-electron chi connectivity index (χ1n) is 3.38. The Labute approximate surface area is 58.9 Å². The third-order valence-electron chi connectivity index (χ3n) is 2.20. The fourth-order valence-corrected chi connectivity index (χ4v) is 1.57. The SMILES string of the molecule is O=C(O)C1C2C=CC=CC21. The Kier molecular flexibility index (Phi) is 0.982. The highest BCUT2D eigenvalue weighted by Gasteiger charge is 2.52. The van der Waals surface area contributed by atoms with Crippen LogP contribution in [-0.2, 0) is 4.79 Å². The summed E-state index contributed by atoms with van der Waals surface area (Å²) in [6, 6.07) is 0. The molecule has 1 N–H and O–H groups in total. The van der Waals surface area contributed by atoms with E-state index in [4.69, 9.17) is 5.11 Å². The lowest BCUT2D eigenvalue weighted by Crippen LogP contribution is -1.99. The minimum Gasteiger partial charge on any atom is -0.481 e. The molecule has 2 atom stereocenters. The molecule has 52 valence electrons. The van der Waals surface area contributed by atoms with Crippen LogP contribution in [0.3, 0.4) is 0 Å². The van der Waals surface area contributed by atoms with Crippen LogP contribution in [0.25, 0.3) is 0 Å². The monoisotopic (exact) mass is 136 g/mol. The number of carboxylic acids is 1. The number of carbonyl (C=O) groups is 1. The first-order chi connectivity index (χ1) is 4.80. The number of hydrogen-bond acceptors (Lipinski definition) is 1. The van der Waals surface area contributed by atoms with E-state index in [0.717, 1.165) is 0 Å². The van der Waals surface area contributed by atoms with Gasteiger partial charge in [0.1, 0.15) is 0 Å². The van der Waals surface area contributed by atoms with Crippen LogP contribution >= 0.6 is 0 Å².